The van der Waals surface area contributed by atoms with Gasteiger partial charge in [-0.2, -0.15) is 0 Å². The van der Waals surface area contributed by atoms with E-state index in [4.69, 9.17) is 5.73 Å². The van der Waals surface area contributed by atoms with Crippen LogP contribution in [0.2, 0.25) is 0 Å². The lowest BCUT2D eigenvalue weighted by atomic mass is 9.95. The Hall–Kier alpha value is -1.88. The fourth-order valence-corrected chi connectivity index (χ4v) is 4.12. The van der Waals surface area contributed by atoms with Crippen LogP contribution >= 0.6 is 0 Å². The van der Waals surface area contributed by atoms with E-state index in [-0.39, 0.29) is 17.7 Å². The quantitative estimate of drug-likeness (QED) is 0.881. The molecular weight excluding hydrogens is 326 g/mol. The molecule has 5 nitrogen and oxygen atoms in total. The highest BCUT2D eigenvalue weighted by molar-refractivity contribution is 6.00. The zero-order valence-corrected chi connectivity index (χ0v) is 16.0. The molecule has 0 aliphatic carbocycles. The van der Waals surface area contributed by atoms with Crippen LogP contribution in [0, 0.1) is 11.8 Å². The third kappa shape index (κ3) is 3.78. The van der Waals surface area contributed by atoms with Gasteiger partial charge in [0.15, 0.2) is 0 Å². The molecule has 2 aliphatic heterocycles. The van der Waals surface area contributed by atoms with Crippen molar-refractivity contribution >= 4 is 17.5 Å². The van der Waals surface area contributed by atoms with Gasteiger partial charge in [0, 0.05) is 31.7 Å². The first-order valence-electron chi connectivity index (χ1n) is 9.93. The SMILES string of the molecule is CCC(C)c1ccccc1N1CC(C(=O)N2CCC(CN)CC2)CC1=O. The first-order valence-corrected chi connectivity index (χ1v) is 9.93. The van der Waals surface area contributed by atoms with Crippen LogP contribution in [0.25, 0.3) is 0 Å². The maximum atomic E-state index is 12.9. The van der Waals surface area contributed by atoms with Gasteiger partial charge in [-0.05, 0) is 49.3 Å². The number of nitrogens with two attached hydrogens (primary N) is 1. The summed E-state index contributed by atoms with van der Waals surface area (Å²) in [5.41, 5.74) is 7.91. The van der Waals surface area contributed by atoms with Gasteiger partial charge in [0.05, 0.1) is 5.92 Å². The average Bonchev–Trinajstić information content (AvgIpc) is 3.08. The zero-order valence-electron chi connectivity index (χ0n) is 16.0. The fraction of sp³-hybridized carbons (Fsp3) is 0.619. The van der Waals surface area contributed by atoms with Crippen molar-refractivity contribution in [2.45, 2.75) is 45.4 Å². The van der Waals surface area contributed by atoms with Gasteiger partial charge in [0.2, 0.25) is 11.8 Å². The van der Waals surface area contributed by atoms with Crippen LogP contribution in [0.1, 0.15) is 51.0 Å². The second-order valence-electron chi connectivity index (χ2n) is 7.78. The summed E-state index contributed by atoms with van der Waals surface area (Å²) in [4.78, 5) is 29.3. The highest BCUT2D eigenvalue weighted by Gasteiger charge is 2.38. The number of anilines is 1. The Labute approximate surface area is 156 Å². The van der Waals surface area contributed by atoms with E-state index < -0.39 is 0 Å². The molecule has 2 N–H and O–H groups in total. The monoisotopic (exact) mass is 357 g/mol. The lowest BCUT2D eigenvalue weighted by Gasteiger charge is -2.33. The number of hydrogen-bond donors (Lipinski definition) is 1. The van der Waals surface area contributed by atoms with Crippen molar-refractivity contribution in [2.75, 3.05) is 31.1 Å². The standard InChI is InChI=1S/C21H31N3O2/c1-3-15(2)18-6-4-5-7-19(18)24-14-17(12-20(24)25)21(26)23-10-8-16(13-22)9-11-23/h4-7,15-17H,3,8-14,22H2,1-2H3. The first-order chi connectivity index (χ1) is 12.5. The number of carbonyl (C=O) groups is 2. The molecule has 5 heteroatoms. The summed E-state index contributed by atoms with van der Waals surface area (Å²) in [6.07, 6.45) is 3.30. The molecule has 3 rings (SSSR count). The Bertz CT molecular complexity index is 652. The van der Waals surface area contributed by atoms with Gasteiger partial charge in [-0.3, -0.25) is 9.59 Å². The van der Waals surface area contributed by atoms with Crippen molar-refractivity contribution in [3.8, 4) is 0 Å². The number of para-hydroxylation sites is 1. The lowest BCUT2D eigenvalue weighted by Crippen LogP contribution is -2.43. The topological polar surface area (TPSA) is 66.6 Å². The average molecular weight is 357 g/mol. The number of nitrogens with zero attached hydrogens (tertiary/aromatic N) is 2. The van der Waals surface area contributed by atoms with E-state index in [0.29, 0.717) is 31.3 Å². The van der Waals surface area contributed by atoms with E-state index >= 15 is 0 Å². The minimum atomic E-state index is -0.220. The number of likely N-dealkylation sites (tertiary alicyclic amines) is 1. The second-order valence-corrected chi connectivity index (χ2v) is 7.78. The second kappa shape index (κ2) is 8.21. The largest absolute Gasteiger partial charge is 0.342 e. The molecule has 0 spiro atoms. The molecule has 0 aromatic heterocycles. The predicted molar refractivity (Wildman–Crippen MR) is 104 cm³/mol. The molecule has 2 saturated heterocycles. The van der Waals surface area contributed by atoms with E-state index in [1.165, 1.54) is 5.56 Å². The van der Waals surface area contributed by atoms with Crippen molar-refractivity contribution < 1.29 is 9.59 Å². The van der Waals surface area contributed by atoms with Gasteiger partial charge in [-0.25, -0.2) is 0 Å². The number of hydrogen-bond acceptors (Lipinski definition) is 3. The molecule has 2 atom stereocenters. The Morgan fingerprint density at radius 2 is 1.96 bits per heavy atom. The molecule has 1 aromatic rings. The molecule has 2 heterocycles. The first kappa shape index (κ1) is 18.9. The smallest absolute Gasteiger partial charge is 0.228 e. The Balaban J connectivity index is 1.71. The summed E-state index contributed by atoms with van der Waals surface area (Å²) >= 11 is 0. The van der Waals surface area contributed by atoms with Crippen molar-refractivity contribution in [1.29, 1.82) is 0 Å². The van der Waals surface area contributed by atoms with Crippen molar-refractivity contribution in [3.63, 3.8) is 0 Å². The molecule has 2 aliphatic rings. The van der Waals surface area contributed by atoms with Crippen LogP contribution in [-0.4, -0.2) is 42.9 Å². The summed E-state index contributed by atoms with van der Waals surface area (Å²) in [6.45, 7) is 7.09. The van der Waals surface area contributed by atoms with Gasteiger partial charge >= 0.3 is 0 Å². The maximum absolute atomic E-state index is 12.9. The number of rotatable bonds is 5. The van der Waals surface area contributed by atoms with Crippen molar-refractivity contribution in [2.24, 2.45) is 17.6 Å². The van der Waals surface area contributed by atoms with Gasteiger partial charge < -0.3 is 15.5 Å². The summed E-state index contributed by atoms with van der Waals surface area (Å²) in [5, 5.41) is 0. The van der Waals surface area contributed by atoms with Gasteiger partial charge in [0.25, 0.3) is 0 Å². The van der Waals surface area contributed by atoms with Crippen LogP contribution in [-0.2, 0) is 9.59 Å². The number of amides is 2. The third-order valence-corrected chi connectivity index (χ3v) is 6.10. The molecule has 2 unspecified atom stereocenters. The van der Waals surface area contributed by atoms with E-state index in [1.807, 2.05) is 28.0 Å². The van der Waals surface area contributed by atoms with Crippen LogP contribution < -0.4 is 10.6 Å². The summed E-state index contributed by atoms with van der Waals surface area (Å²) < 4.78 is 0. The molecule has 2 fully saturated rings. The van der Waals surface area contributed by atoms with Gasteiger partial charge in [-0.1, -0.05) is 32.0 Å². The molecule has 26 heavy (non-hydrogen) atoms. The van der Waals surface area contributed by atoms with E-state index in [9.17, 15) is 9.59 Å². The zero-order chi connectivity index (χ0) is 18.7. The normalized spacial score (nSPS) is 22.7. The summed E-state index contributed by atoms with van der Waals surface area (Å²) in [5.74, 6) is 0.905. The van der Waals surface area contributed by atoms with Crippen LogP contribution in [0.4, 0.5) is 5.69 Å². The molecule has 1 aromatic carbocycles. The minimum Gasteiger partial charge on any atom is -0.342 e. The predicted octanol–water partition coefficient (Wildman–Crippen LogP) is 2.75. The van der Waals surface area contributed by atoms with Crippen LogP contribution in [0.5, 0.6) is 0 Å². The number of benzene rings is 1. The van der Waals surface area contributed by atoms with E-state index in [0.717, 1.165) is 38.0 Å². The van der Waals surface area contributed by atoms with E-state index in [1.54, 1.807) is 0 Å². The lowest BCUT2D eigenvalue weighted by molar-refractivity contribution is -0.137. The highest BCUT2D eigenvalue weighted by atomic mass is 16.2. The molecule has 0 radical (unpaired) electrons. The molecule has 0 saturated carbocycles. The number of carbonyl (C=O) groups excluding carboxylic acids is 2. The molecule has 142 valence electrons. The van der Waals surface area contributed by atoms with Crippen LogP contribution in [0.3, 0.4) is 0 Å². The summed E-state index contributed by atoms with van der Waals surface area (Å²) in [7, 11) is 0. The minimum absolute atomic E-state index is 0.0657. The Morgan fingerprint density at radius 3 is 2.62 bits per heavy atom. The van der Waals surface area contributed by atoms with Gasteiger partial charge in [-0.15, -0.1) is 0 Å². The van der Waals surface area contributed by atoms with Crippen molar-refractivity contribution in [3.05, 3.63) is 29.8 Å². The Kier molecular flexibility index (Phi) is 5.97. The van der Waals surface area contributed by atoms with E-state index in [2.05, 4.69) is 19.9 Å². The molecular formula is C21H31N3O2. The van der Waals surface area contributed by atoms with Gasteiger partial charge in [0.1, 0.15) is 0 Å². The number of piperidine rings is 1. The van der Waals surface area contributed by atoms with Crippen molar-refractivity contribution in [1.82, 2.24) is 4.90 Å². The Morgan fingerprint density at radius 1 is 1.27 bits per heavy atom. The highest BCUT2D eigenvalue weighted by Crippen LogP contribution is 2.34. The van der Waals surface area contributed by atoms with Crippen LogP contribution in [0.15, 0.2) is 24.3 Å². The maximum Gasteiger partial charge on any atom is 0.228 e. The summed E-state index contributed by atoms with van der Waals surface area (Å²) in [6, 6.07) is 8.11. The molecule has 0 bridgehead atoms. The molecule has 2 amide bonds. The third-order valence-electron chi connectivity index (χ3n) is 6.10. The fourth-order valence-electron chi connectivity index (χ4n) is 4.12.